The normalized spacial score (nSPS) is 13.9. The summed E-state index contributed by atoms with van der Waals surface area (Å²) in [5, 5.41) is 0. The SMILES string of the molecule is COc1cc(C2=CC(=O)OC2=O)cc(OC)c1OC. The number of benzene rings is 1. The molecule has 0 saturated heterocycles. The van der Waals surface area contributed by atoms with Crippen molar-refractivity contribution in [1.82, 2.24) is 0 Å². The van der Waals surface area contributed by atoms with Crippen LogP contribution in [0.4, 0.5) is 0 Å². The third kappa shape index (κ3) is 2.24. The Hall–Kier alpha value is -2.50. The molecule has 0 spiro atoms. The Labute approximate surface area is 109 Å². The van der Waals surface area contributed by atoms with Crippen molar-refractivity contribution in [2.45, 2.75) is 0 Å². The van der Waals surface area contributed by atoms with E-state index in [0.717, 1.165) is 6.08 Å². The van der Waals surface area contributed by atoms with Crippen molar-refractivity contribution < 1.29 is 28.5 Å². The maximum absolute atomic E-state index is 11.5. The summed E-state index contributed by atoms with van der Waals surface area (Å²) in [5.41, 5.74) is 0.620. The van der Waals surface area contributed by atoms with E-state index in [1.807, 2.05) is 0 Å². The van der Waals surface area contributed by atoms with Gasteiger partial charge in [-0.2, -0.15) is 0 Å². The summed E-state index contributed by atoms with van der Waals surface area (Å²) in [4.78, 5) is 22.6. The van der Waals surface area contributed by atoms with E-state index in [4.69, 9.17) is 14.2 Å². The molecule has 0 saturated carbocycles. The second-order valence-electron chi connectivity index (χ2n) is 3.68. The van der Waals surface area contributed by atoms with Crippen LogP contribution in [0.3, 0.4) is 0 Å². The van der Waals surface area contributed by atoms with Gasteiger partial charge in [0.25, 0.3) is 0 Å². The van der Waals surface area contributed by atoms with Gasteiger partial charge < -0.3 is 18.9 Å². The number of hydrogen-bond donors (Lipinski definition) is 0. The van der Waals surface area contributed by atoms with Crippen molar-refractivity contribution in [2.24, 2.45) is 0 Å². The van der Waals surface area contributed by atoms with Crippen LogP contribution in [0.2, 0.25) is 0 Å². The molecule has 1 aliphatic heterocycles. The summed E-state index contributed by atoms with van der Waals surface area (Å²) in [5.74, 6) is -0.185. The number of hydrogen-bond acceptors (Lipinski definition) is 6. The van der Waals surface area contributed by atoms with E-state index in [1.54, 1.807) is 12.1 Å². The molecule has 1 aliphatic rings. The molecule has 1 aromatic carbocycles. The topological polar surface area (TPSA) is 71.1 Å². The summed E-state index contributed by atoms with van der Waals surface area (Å²) < 4.78 is 20.0. The Morgan fingerprint density at radius 3 is 1.89 bits per heavy atom. The predicted molar refractivity (Wildman–Crippen MR) is 65.2 cm³/mol. The van der Waals surface area contributed by atoms with Crippen LogP contribution < -0.4 is 14.2 Å². The highest BCUT2D eigenvalue weighted by Crippen LogP contribution is 2.40. The summed E-state index contributed by atoms with van der Waals surface area (Å²) >= 11 is 0. The molecule has 0 amide bonds. The molecular formula is C13H12O6. The molecule has 0 N–H and O–H groups in total. The smallest absolute Gasteiger partial charge is 0.346 e. The average Bonchev–Trinajstić information content (AvgIpc) is 2.75. The van der Waals surface area contributed by atoms with Crippen LogP contribution in [0.25, 0.3) is 5.57 Å². The monoisotopic (exact) mass is 264 g/mol. The number of cyclic esters (lactones) is 2. The fourth-order valence-corrected chi connectivity index (χ4v) is 1.79. The van der Waals surface area contributed by atoms with Crippen molar-refractivity contribution in [3.8, 4) is 17.2 Å². The largest absolute Gasteiger partial charge is 0.493 e. The number of carbonyl (C=O) groups excluding carboxylic acids is 2. The van der Waals surface area contributed by atoms with Gasteiger partial charge in [-0.1, -0.05) is 0 Å². The third-order valence-electron chi connectivity index (χ3n) is 2.65. The Balaban J connectivity index is 2.57. The van der Waals surface area contributed by atoms with Crippen molar-refractivity contribution in [3.63, 3.8) is 0 Å². The van der Waals surface area contributed by atoms with Gasteiger partial charge in [0.05, 0.1) is 26.9 Å². The maximum atomic E-state index is 11.5. The molecule has 1 heterocycles. The van der Waals surface area contributed by atoms with Crippen molar-refractivity contribution in [1.29, 1.82) is 0 Å². The number of methoxy groups -OCH3 is 3. The molecule has 6 heteroatoms. The van der Waals surface area contributed by atoms with Crippen LogP contribution in [-0.4, -0.2) is 33.3 Å². The minimum absolute atomic E-state index is 0.157. The molecular weight excluding hydrogens is 252 g/mol. The highest BCUT2D eigenvalue weighted by atomic mass is 16.6. The number of carbonyl (C=O) groups is 2. The lowest BCUT2D eigenvalue weighted by molar-refractivity contribution is -0.149. The minimum atomic E-state index is -0.695. The van der Waals surface area contributed by atoms with Crippen LogP contribution >= 0.6 is 0 Å². The van der Waals surface area contributed by atoms with Gasteiger partial charge in [-0.3, -0.25) is 0 Å². The average molecular weight is 264 g/mol. The zero-order valence-corrected chi connectivity index (χ0v) is 10.7. The first-order chi connectivity index (χ1) is 9.10. The Kier molecular flexibility index (Phi) is 3.41. The number of esters is 2. The van der Waals surface area contributed by atoms with Crippen molar-refractivity contribution in [3.05, 3.63) is 23.8 Å². The van der Waals surface area contributed by atoms with Gasteiger partial charge >= 0.3 is 11.9 Å². The molecule has 0 aromatic heterocycles. The lowest BCUT2D eigenvalue weighted by Crippen LogP contribution is -2.02. The van der Waals surface area contributed by atoms with Crippen LogP contribution in [0, 0.1) is 0 Å². The van der Waals surface area contributed by atoms with Gasteiger partial charge in [0.2, 0.25) is 5.75 Å². The van der Waals surface area contributed by atoms with E-state index in [9.17, 15) is 9.59 Å². The molecule has 0 atom stereocenters. The van der Waals surface area contributed by atoms with E-state index >= 15 is 0 Å². The quantitative estimate of drug-likeness (QED) is 0.600. The summed E-state index contributed by atoms with van der Waals surface area (Å²) in [6, 6.07) is 3.15. The lowest BCUT2D eigenvalue weighted by atomic mass is 10.1. The van der Waals surface area contributed by atoms with Gasteiger partial charge in [-0.05, 0) is 17.7 Å². The molecule has 0 bridgehead atoms. The fourth-order valence-electron chi connectivity index (χ4n) is 1.79. The molecule has 19 heavy (non-hydrogen) atoms. The Morgan fingerprint density at radius 1 is 0.947 bits per heavy atom. The number of ether oxygens (including phenoxy) is 4. The molecule has 6 nitrogen and oxygen atoms in total. The Morgan fingerprint density at radius 2 is 1.53 bits per heavy atom. The zero-order chi connectivity index (χ0) is 14.0. The van der Waals surface area contributed by atoms with Crippen LogP contribution in [-0.2, 0) is 14.3 Å². The third-order valence-corrected chi connectivity index (χ3v) is 2.65. The van der Waals surface area contributed by atoms with E-state index in [0.29, 0.717) is 22.8 Å². The van der Waals surface area contributed by atoms with E-state index < -0.39 is 11.9 Å². The van der Waals surface area contributed by atoms with Gasteiger partial charge in [-0.15, -0.1) is 0 Å². The first-order valence-electron chi connectivity index (χ1n) is 5.39. The molecule has 0 unspecified atom stereocenters. The Bertz CT molecular complexity index is 547. The highest BCUT2D eigenvalue weighted by Gasteiger charge is 2.27. The van der Waals surface area contributed by atoms with Crippen molar-refractivity contribution in [2.75, 3.05) is 21.3 Å². The number of rotatable bonds is 4. The van der Waals surface area contributed by atoms with Crippen LogP contribution in [0.15, 0.2) is 18.2 Å². The van der Waals surface area contributed by atoms with E-state index in [1.165, 1.54) is 21.3 Å². The predicted octanol–water partition coefficient (Wildman–Crippen LogP) is 1.18. The van der Waals surface area contributed by atoms with Gasteiger partial charge in [0.15, 0.2) is 11.5 Å². The first kappa shape index (κ1) is 12.9. The van der Waals surface area contributed by atoms with Crippen molar-refractivity contribution >= 4 is 17.5 Å². The first-order valence-corrected chi connectivity index (χ1v) is 5.39. The highest BCUT2D eigenvalue weighted by molar-refractivity contribution is 6.28. The van der Waals surface area contributed by atoms with Gasteiger partial charge in [0, 0.05) is 6.08 Å². The molecule has 1 aromatic rings. The second kappa shape index (κ2) is 5.01. The fraction of sp³-hybridized carbons (Fsp3) is 0.231. The zero-order valence-electron chi connectivity index (χ0n) is 10.7. The maximum Gasteiger partial charge on any atom is 0.346 e. The molecule has 100 valence electrons. The molecule has 0 aliphatic carbocycles. The van der Waals surface area contributed by atoms with Gasteiger partial charge in [-0.25, -0.2) is 9.59 Å². The lowest BCUT2D eigenvalue weighted by Gasteiger charge is -2.13. The summed E-state index contributed by atoms with van der Waals surface area (Å²) in [6.07, 6.45) is 1.13. The molecule has 0 radical (unpaired) electrons. The minimum Gasteiger partial charge on any atom is -0.493 e. The van der Waals surface area contributed by atoms with Crippen LogP contribution in [0.1, 0.15) is 5.56 Å². The molecule has 2 rings (SSSR count). The van der Waals surface area contributed by atoms with E-state index in [2.05, 4.69) is 4.74 Å². The van der Waals surface area contributed by atoms with Gasteiger partial charge in [0.1, 0.15) is 0 Å². The summed E-state index contributed by atoms with van der Waals surface area (Å²) in [6.45, 7) is 0. The standard InChI is InChI=1S/C13H12O6/c1-16-9-4-7(5-10(17-2)12(9)18-3)8-6-11(14)19-13(8)15/h4-6H,1-3H3. The van der Waals surface area contributed by atoms with E-state index in [-0.39, 0.29) is 5.57 Å². The molecule has 0 fully saturated rings. The second-order valence-corrected chi connectivity index (χ2v) is 3.68. The van der Waals surface area contributed by atoms with Crippen LogP contribution in [0.5, 0.6) is 17.2 Å². The summed E-state index contributed by atoms with van der Waals surface area (Å²) in [7, 11) is 4.41.